The number of carboxylic acid groups (broad SMARTS) is 1. The Labute approximate surface area is 130 Å². The Balaban J connectivity index is 4.77. The molecule has 0 heterocycles. The van der Waals surface area contributed by atoms with Gasteiger partial charge in [-0.25, -0.2) is 9.59 Å². The van der Waals surface area contributed by atoms with Gasteiger partial charge >= 0.3 is 12.1 Å². The minimum atomic E-state index is -1.28. The van der Waals surface area contributed by atoms with E-state index in [2.05, 4.69) is 10.6 Å². The van der Waals surface area contributed by atoms with Crippen LogP contribution >= 0.6 is 0 Å². The van der Waals surface area contributed by atoms with Gasteiger partial charge in [0.15, 0.2) is 0 Å². The number of hydrogen-bond acceptors (Lipinski definition) is 5. The molecule has 0 aromatic carbocycles. The number of ether oxygens (including phenoxy) is 1. The molecule has 8 heteroatoms. The smallest absolute Gasteiger partial charge is 0.408 e. The first-order chi connectivity index (χ1) is 10.0. The lowest BCUT2D eigenvalue weighted by atomic mass is 9.99. The monoisotopic (exact) mass is 318 g/mol. The summed E-state index contributed by atoms with van der Waals surface area (Å²) in [4.78, 5) is 34.8. The van der Waals surface area contributed by atoms with Crippen molar-refractivity contribution >= 4 is 18.0 Å². The first-order valence-electron chi connectivity index (χ1n) is 7.15. The molecule has 4 N–H and O–H groups in total. The lowest BCUT2D eigenvalue weighted by Crippen LogP contribution is -2.55. The summed E-state index contributed by atoms with van der Waals surface area (Å²) in [7, 11) is 0. The minimum absolute atomic E-state index is 0.290. The van der Waals surface area contributed by atoms with Gasteiger partial charge in [-0.2, -0.15) is 0 Å². The second kappa shape index (κ2) is 8.57. The predicted molar refractivity (Wildman–Crippen MR) is 79.3 cm³/mol. The van der Waals surface area contributed by atoms with Gasteiger partial charge in [0.1, 0.15) is 17.7 Å². The number of carbonyl (C=O) groups excluding carboxylic acids is 2. The van der Waals surface area contributed by atoms with Gasteiger partial charge in [-0.1, -0.05) is 20.3 Å². The van der Waals surface area contributed by atoms with Gasteiger partial charge in [0, 0.05) is 0 Å². The maximum absolute atomic E-state index is 12.0. The summed E-state index contributed by atoms with van der Waals surface area (Å²) in [5.41, 5.74) is -0.749. The Morgan fingerprint density at radius 3 is 2.09 bits per heavy atom. The van der Waals surface area contributed by atoms with Gasteiger partial charge in [-0.15, -0.1) is 0 Å². The molecule has 8 nitrogen and oxygen atoms in total. The zero-order valence-electron chi connectivity index (χ0n) is 13.7. The number of hydrogen-bond donors (Lipinski definition) is 4. The Bertz CT molecular complexity index is 405. The van der Waals surface area contributed by atoms with E-state index in [0.29, 0.717) is 6.42 Å². The quantitative estimate of drug-likeness (QED) is 0.541. The minimum Gasteiger partial charge on any atom is -0.480 e. The SMILES string of the molecule is CC[C@H](C)[C@H](NC(=O)[C@@H](CO)NC(=O)OC(C)(C)C)C(=O)O. The van der Waals surface area contributed by atoms with E-state index in [1.54, 1.807) is 34.6 Å². The Morgan fingerprint density at radius 2 is 1.73 bits per heavy atom. The number of nitrogens with one attached hydrogen (secondary N) is 2. The Kier molecular flexibility index (Phi) is 7.86. The lowest BCUT2D eigenvalue weighted by molar-refractivity contribution is -0.143. The zero-order chi connectivity index (χ0) is 17.5. The number of carbonyl (C=O) groups is 3. The van der Waals surface area contributed by atoms with Crippen LogP contribution in [0.3, 0.4) is 0 Å². The predicted octanol–water partition coefficient (Wildman–Crippen LogP) is 0.487. The average Bonchev–Trinajstić information content (AvgIpc) is 2.38. The van der Waals surface area contributed by atoms with Crippen molar-refractivity contribution in [2.45, 2.75) is 58.7 Å². The maximum Gasteiger partial charge on any atom is 0.408 e. The molecule has 0 aliphatic heterocycles. The standard InChI is InChI=1S/C14H26N2O6/c1-6-8(2)10(12(19)20)16-11(18)9(7-17)15-13(21)22-14(3,4)5/h8-10,17H,6-7H2,1-5H3,(H,15,21)(H,16,18)(H,19,20)/t8-,9+,10-/m0/s1. The van der Waals surface area contributed by atoms with E-state index in [-0.39, 0.29) is 5.92 Å². The van der Waals surface area contributed by atoms with E-state index in [4.69, 9.17) is 9.84 Å². The van der Waals surface area contributed by atoms with Crippen LogP contribution in [-0.2, 0) is 14.3 Å². The summed E-state index contributed by atoms with van der Waals surface area (Å²) in [6.07, 6.45) is -0.308. The van der Waals surface area contributed by atoms with Crippen molar-refractivity contribution in [1.29, 1.82) is 0 Å². The summed E-state index contributed by atoms with van der Waals surface area (Å²) in [6.45, 7) is 7.79. The van der Waals surface area contributed by atoms with Gasteiger partial charge in [0.2, 0.25) is 5.91 Å². The van der Waals surface area contributed by atoms with Crippen LogP contribution in [0.1, 0.15) is 41.0 Å². The Hall–Kier alpha value is -1.83. The molecule has 0 radical (unpaired) electrons. The summed E-state index contributed by atoms with van der Waals surface area (Å²) in [5.74, 6) is -2.24. The van der Waals surface area contributed by atoms with E-state index in [1.165, 1.54) is 0 Å². The molecule has 0 saturated carbocycles. The molecule has 0 unspecified atom stereocenters. The van der Waals surface area contributed by atoms with Gasteiger partial charge in [-0.3, -0.25) is 4.79 Å². The molecule has 3 atom stereocenters. The number of carboxylic acids is 1. The van der Waals surface area contributed by atoms with Gasteiger partial charge in [-0.05, 0) is 26.7 Å². The molecule has 2 amide bonds. The fraction of sp³-hybridized carbons (Fsp3) is 0.786. The third-order valence-electron chi connectivity index (χ3n) is 2.97. The third-order valence-corrected chi connectivity index (χ3v) is 2.97. The highest BCUT2D eigenvalue weighted by molar-refractivity contribution is 5.89. The van der Waals surface area contributed by atoms with Crippen LogP contribution in [0.2, 0.25) is 0 Å². The molecule has 22 heavy (non-hydrogen) atoms. The number of alkyl carbamates (subject to hydrolysis) is 1. The molecule has 0 fully saturated rings. The van der Waals surface area contributed by atoms with E-state index in [0.717, 1.165) is 0 Å². The van der Waals surface area contributed by atoms with Crippen molar-refractivity contribution in [1.82, 2.24) is 10.6 Å². The number of aliphatic hydroxyl groups excluding tert-OH is 1. The number of rotatable bonds is 7. The van der Waals surface area contributed by atoms with Crippen LogP contribution in [0.15, 0.2) is 0 Å². The average molecular weight is 318 g/mol. The van der Waals surface area contributed by atoms with Gasteiger partial charge < -0.3 is 25.6 Å². The van der Waals surface area contributed by atoms with E-state index < -0.39 is 42.3 Å². The largest absolute Gasteiger partial charge is 0.480 e. The van der Waals surface area contributed by atoms with Crippen LogP contribution < -0.4 is 10.6 Å². The second-order valence-corrected chi connectivity index (χ2v) is 6.09. The molecule has 128 valence electrons. The van der Waals surface area contributed by atoms with E-state index in [1.807, 2.05) is 0 Å². The fourth-order valence-electron chi connectivity index (χ4n) is 1.58. The lowest BCUT2D eigenvalue weighted by Gasteiger charge is -2.25. The third kappa shape index (κ3) is 7.26. The highest BCUT2D eigenvalue weighted by Crippen LogP contribution is 2.09. The first-order valence-corrected chi connectivity index (χ1v) is 7.15. The van der Waals surface area contributed by atoms with Crippen LogP contribution in [0, 0.1) is 5.92 Å². The molecule has 0 aromatic heterocycles. The molecular weight excluding hydrogens is 292 g/mol. The number of amides is 2. The summed E-state index contributed by atoms with van der Waals surface area (Å²) in [6, 6.07) is -2.37. The highest BCUT2D eigenvalue weighted by Gasteiger charge is 2.30. The number of aliphatic carboxylic acids is 1. The van der Waals surface area contributed by atoms with Crippen molar-refractivity contribution in [2.75, 3.05) is 6.61 Å². The van der Waals surface area contributed by atoms with Crippen molar-refractivity contribution in [3.8, 4) is 0 Å². The topological polar surface area (TPSA) is 125 Å². The van der Waals surface area contributed by atoms with E-state index >= 15 is 0 Å². The fourth-order valence-corrected chi connectivity index (χ4v) is 1.58. The maximum atomic E-state index is 12.0. The summed E-state index contributed by atoms with van der Waals surface area (Å²) < 4.78 is 4.98. The van der Waals surface area contributed by atoms with Crippen LogP contribution in [0.25, 0.3) is 0 Å². The van der Waals surface area contributed by atoms with Crippen molar-refractivity contribution in [3.05, 3.63) is 0 Å². The highest BCUT2D eigenvalue weighted by atomic mass is 16.6. The molecular formula is C14H26N2O6. The van der Waals surface area contributed by atoms with Crippen LogP contribution in [0.5, 0.6) is 0 Å². The molecule has 0 saturated heterocycles. The molecule has 0 aliphatic rings. The number of aliphatic hydroxyl groups is 1. The Morgan fingerprint density at radius 1 is 1.18 bits per heavy atom. The first kappa shape index (κ1) is 20.2. The van der Waals surface area contributed by atoms with Crippen LogP contribution in [0.4, 0.5) is 4.79 Å². The molecule has 0 spiro atoms. The van der Waals surface area contributed by atoms with Crippen LogP contribution in [-0.4, -0.2) is 52.5 Å². The summed E-state index contributed by atoms with van der Waals surface area (Å²) in [5, 5.41) is 22.9. The van der Waals surface area contributed by atoms with Crippen molar-refractivity contribution in [3.63, 3.8) is 0 Å². The molecule has 0 bridgehead atoms. The summed E-state index contributed by atoms with van der Waals surface area (Å²) >= 11 is 0. The van der Waals surface area contributed by atoms with Gasteiger partial charge in [0.25, 0.3) is 0 Å². The second-order valence-electron chi connectivity index (χ2n) is 6.09. The van der Waals surface area contributed by atoms with E-state index in [9.17, 15) is 19.5 Å². The molecule has 0 aromatic rings. The van der Waals surface area contributed by atoms with Gasteiger partial charge in [0.05, 0.1) is 6.61 Å². The van der Waals surface area contributed by atoms with Crippen molar-refractivity contribution < 1.29 is 29.3 Å². The zero-order valence-corrected chi connectivity index (χ0v) is 13.7. The normalized spacial score (nSPS) is 15.4. The molecule has 0 rings (SSSR count). The molecule has 0 aliphatic carbocycles. The van der Waals surface area contributed by atoms with Crippen molar-refractivity contribution in [2.24, 2.45) is 5.92 Å².